The summed E-state index contributed by atoms with van der Waals surface area (Å²) in [6, 6.07) is 0. The van der Waals surface area contributed by atoms with E-state index >= 15 is 0 Å². The molecule has 2 heteroatoms. The number of carbonyl (C=O) groups excluding carboxylic acids is 1. The van der Waals surface area contributed by atoms with Crippen molar-refractivity contribution < 1.29 is 9.90 Å². The third-order valence-corrected chi connectivity index (χ3v) is 5.09. The number of Topliss-reactive ketones (excluding diaryl/α,β-unsaturated/α-hetero) is 1. The zero-order valence-corrected chi connectivity index (χ0v) is 8.05. The lowest BCUT2D eigenvalue weighted by Crippen LogP contribution is -2.62. The van der Waals surface area contributed by atoms with Crippen molar-refractivity contribution in [1.29, 1.82) is 0 Å². The van der Waals surface area contributed by atoms with Gasteiger partial charge in [0.1, 0.15) is 5.78 Å². The van der Waals surface area contributed by atoms with E-state index in [1.54, 1.807) is 0 Å². The summed E-state index contributed by atoms with van der Waals surface area (Å²) in [4.78, 5) is 11.8. The van der Waals surface area contributed by atoms with E-state index in [2.05, 4.69) is 6.92 Å². The van der Waals surface area contributed by atoms with Gasteiger partial charge in [0.2, 0.25) is 0 Å². The van der Waals surface area contributed by atoms with E-state index in [-0.39, 0.29) is 22.9 Å². The topological polar surface area (TPSA) is 37.3 Å². The lowest BCUT2D eigenvalue weighted by atomic mass is 9.43. The molecule has 0 amide bonds. The van der Waals surface area contributed by atoms with Gasteiger partial charge in [-0.05, 0) is 24.7 Å². The summed E-state index contributed by atoms with van der Waals surface area (Å²) in [5.74, 6) is 0.574. The summed E-state index contributed by atoms with van der Waals surface area (Å²) in [6.45, 7) is 2.22. The number of hydrogen-bond acceptors (Lipinski definition) is 2. The monoisotopic (exact) mass is 180 g/mol. The Kier molecular flexibility index (Phi) is 1.23. The Balaban J connectivity index is 2.10. The molecule has 4 unspecified atom stereocenters. The molecule has 1 N–H and O–H groups in total. The van der Waals surface area contributed by atoms with Crippen molar-refractivity contribution >= 4 is 5.78 Å². The second-order valence-corrected chi connectivity index (χ2v) is 5.26. The van der Waals surface area contributed by atoms with Crippen LogP contribution in [0.1, 0.15) is 39.0 Å². The normalized spacial score (nSPS) is 58.8. The second-order valence-electron chi connectivity index (χ2n) is 5.26. The molecule has 2 nitrogen and oxygen atoms in total. The minimum absolute atomic E-state index is 0.168. The van der Waals surface area contributed by atoms with Gasteiger partial charge in [-0.1, -0.05) is 19.8 Å². The molecule has 4 aliphatic carbocycles. The quantitative estimate of drug-likeness (QED) is 0.613. The third-order valence-electron chi connectivity index (χ3n) is 5.09. The lowest BCUT2D eigenvalue weighted by Gasteiger charge is -2.58. The van der Waals surface area contributed by atoms with Crippen LogP contribution >= 0.6 is 0 Å². The summed E-state index contributed by atoms with van der Waals surface area (Å²) in [5.41, 5.74) is -0.127. The fourth-order valence-corrected chi connectivity index (χ4v) is 4.32. The number of rotatable bonds is 0. The molecule has 0 aromatic rings. The molecule has 1 spiro atoms. The zero-order chi connectivity index (χ0) is 9.27. The van der Waals surface area contributed by atoms with Gasteiger partial charge in [-0.15, -0.1) is 0 Å². The first-order valence-corrected chi connectivity index (χ1v) is 5.35. The molecule has 4 saturated carbocycles. The summed E-state index contributed by atoms with van der Waals surface area (Å²) >= 11 is 0. The van der Waals surface area contributed by atoms with Gasteiger partial charge in [0, 0.05) is 5.92 Å². The molecular weight excluding hydrogens is 164 g/mol. The molecule has 0 aromatic heterocycles. The van der Waals surface area contributed by atoms with Crippen molar-refractivity contribution in [2.45, 2.75) is 45.1 Å². The molecule has 13 heavy (non-hydrogen) atoms. The van der Waals surface area contributed by atoms with Crippen LogP contribution in [0.2, 0.25) is 0 Å². The highest BCUT2D eigenvalue weighted by Crippen LogP contribution is 2.73. The Bertz CT molecular complexity index is 286. The van der Waals surface area contributed by atoms with Crippen LogP contribution in [0.5, 0.6) is 0 Å². The number of hydrogen-bond donors (Lipinski definition) is 1. The van der Waals surface area contributed by atoms with Crippen molar-refractivity contribution in [2.24, 2.45) is 16.7 Å². The molecule has 4 aliphatic rings. The van der Waals surface area contributed by atoms with Crippen LogP contribution in [0.3, 0.4) is 0 Å². The Labute approximate surface area is 78.3 Å². The largest absolute Gasteiger partial charge is 0.392 e. The van der Waals surface area contributed by atoms with E-state index < -0.39 is 0 Å². The van der Waals surface area contributed by atoms with Crippen molar-refractivity contribution in [3.8, 4) is 0 Å². The van der Waals surface area contributed by atoms with Crippen LogP contribution in [0.4, 0.5) is 0 Å². The summed E-state index contributed by atoms with van der Waals surface area (Å²) in [6.07, 6.45) is 4.89. The summed E-state index contributed by atoms with van der Waals surface area (Å²) < 4.78 is 0. The molecule has 4 rings (SSSR count). The van der Waals surface area contributed by atoms with E-state index in [1.165, 1.54) is 6.42 Å². The molecule has 4 fully saturated rings. The maximum Gasteiger partial charge on any atom is 0.145 e. The van der Waals surface area contributed by atoms with Gasteiger partial charge in [0.05, 0.1) is 11.5 Å². The van der Waals surface area contributed by atoms with Crippen LogP contribution in [0.25, 0.3) is 0 Å². The lowest BCUT2D eigenvalue weighted by molar-refractivity contribution is -0.176. The van der Waals surface area contributed by atoms with Gasteiger partial charge < -0.3 is 5.11 Å². The highest BCUT2D eigenvalue weighted by molar-refractivity contribution is 5.98. The first kappa shape index (κ1) is 7.98. The summed E-state index contributed by atoms with van der Waals surface area (Å²) in [5, 5.41) is 9.94. The van der Waals surface area contributed by atoms with Crippen LogP contribution in [0, 0.1) is 16.7 Å². The average molecular weight is 180 g/mol. The van der Waals surface area contributed by atoms with Gasteiger partial charge in [0.15, 0.2) is 0 Å². The van der Waals surface area contributed by atoms with Crippen molar-refractivity contribution in [2.75, 3.05) is 0 Å². The molecule has 0 aromatic carbocycles. The average Bonchev–Trinajstić information content (AvgIpc) is 2.51. The SMILES string of the molecule is CC12CCCCC13C(=O)C2CC3O. The third kappa shape index (κ3) is 0.567. The molecule has 0 saturated heterocycles. The van der Waals surface area contributed by atoms with Crippen molar-refractivity contribution in [3.05, 3.63) is 0 Å². The predicted molar refractivity (Wildman–Crippen MR) is 48.1 cm³/mol. The van der Waals surface area contributed by atoms with E-state index in [0.717, 1.165) is 25.7 Å². The van der Waals surface area contributed by atoms with E-state index in [4.69, 9.17) is 0 Å². The highest BCUT2D eigenvalue weighted by atomic mass is 16.3. The zero-order valence-electron chi connectivity index (χ0n) is 8.05. The van der Waals surface area contributed by atoms with Crippen LogP contribution in [0.15, 0.2) is 0 Å². The summed E-state index contributed by atoms with van der Waals surface area (Å²) in [7, 11) is 0. The number of fused-ring (bicyclic) bond motifs is 1. The molecule has 2 bridgehead atoms. The number of ketones is 1. The molecule has 72 valence electrons. The Hall–Kier alpha value is -0.370. The maximum atomic E-state index is 11.8. The molecule has 0 radical (unpaired) electrons. The van der Waals surface area contributed by atoms with Gasteiger partial charge >= 0.3 is 0 Å². The van der Waals surface area contributed by atoms with Crippen molar-refractivity contribution in [1.82, 2.24) is 0 Å². The Morgan fingerprint density at radius 1 is 1.38 bits per heavy atom. The van der Waals surface area contributed by atoms with Gasteiger partial charge in [-0.25, -0.2) is 0 Å². The second kappa shape index (κ2) is 2.00. The van der Waals surface area contributed by atoms with Gasteiger partial charge in [-0.2, -0.15) is 0 Å². The minimum Gasteiger partial charge on any atom is -0.392 e. The van der Waals surface area contributed by atoms with E-state index in [0.29, 0.717) is 5.78 Å². The Morgan fingerprint density at radius 2 is 2.08 bits per heavy atom. The van der Waals surface area contributed by atoms with E-state index in [9.17, 15) is 9.90 Å². The number of aliphatic hydroxyl groups excluding tert-OH is 1. The first-order chi connectivity index (χ1) is 6.13. The molecule has 4 atom stereocenters. The Morgan fingerprint density at radius 3 is 2.69 bits per heavy atom. The van der Waals surface area contributed by atoms with Crippen LogP contribution < -0.4 is 0 Å². The van der Waals surface area contributed by atoms with Gasteiger partial charge in [-0.3, -0.25) is 4.79 Å². The van der Waals surface area contributed by atoms with Gasteiger partial charge in [0.25, 0.3) is 0 Å². The first-order valence-electron chi connectivity index (χ1n) is 5.35. The van der Waals surface area contributed by atoms with Crippen LogP contribution in [-0.2, 0) is 4.79 Å². The highest BCUT2D eigenvalue weighted by Gasteiger charge is 2.77. The molecule has 0 heterocycles. The van der Waals surface area contributed by atoms with Crippen LogP contribution in [-0.4, -0.2) is 17.0 Å². The number of carbonyl (C=O) groups is 1. The van der Waals surface area contributed by atoms with Crippen molar-refractivity contribution in [3.63, 3.8) is 0 Å². The van der Waals surface area contributed by atoms with E-state index in [1.807, 2.05) is 0 Å². The molecule has 0 aliphatic heterocycles. The fraction of sp³-hybridized carbons (Fsp3) is 0.909. The number of aliphatic hydroxyl groups is 1. The maximum absolute atomic E-state index is 11.8. The minimum atomic E-state index is -0.324. The standard InChI is InChI=1S/C11H16O2/c1-10-4-2-3-5-11(10)8(12)6-7(10)9(11)13/h7-8,12H,2-6H2,1H3. The molecular formula is C11H16O2. The predicted octanol–water partition coefficient (Wildman–Crippen LogP) is 1.52. The smallest absolute Gasteiger partial charge is 0.145 e. The fourth-order valence-electron chi connectivity index (χ4n) is 4.32.